The molecule has 0 unspecified atom stereocenters. The highest BCUT2D eigenvalue weighted by molar-refractivity contribution is 4.80. The van der Waals surface area contributed by atoms with Gasteiger partial charge in [0.15, 0.2) is 0 Å². The lowest BCUT2D eigenvalue weighted by Gasteiger charge is -2.31. The topological polar surface area (TPSA) is 55.4 Å². The highest BCUT2D eigenvalue weighted by Gasteiger charge is 2.32. The molecule has 0 aliphatic carbocycles. The second-order valence-electron chi connectivity index (χ2n) is 3.35. The van der Waals surface area contributed by atoms with Crippen molar-refractivity contribution < 1.29 is 28.4 Å². The van der Waals surface area contributed by atoms with Crippen LogP contribution in [0.1, 0.15) is 0 Å². The SMILES string of the molecule is COCOCC(COC)(COC)OCOC. The van der Waals surface area contributed by atoms with Crippen molar-refractivity contribution in [1.29, 1.82) is 0 Å². The van der Waals surface area contributed by atoms with Crippen LogP contribution in [0.2, 0.25) is 0 Å². The molecule has 0 radical (unpaired) electrons. The minimum atomic E-state index is -0.669. The van der Waals surface area contributed by atoms with E-state index in [0.29, 0.717) is 19.8 Å². The molecule has 0 bridgehead atoms. The Kier molecular flexibility index (Phi) is 9.80. The number of hydrogen-bond acceptors (Lipinski definition) is 6. The first-order valence-electron chi connectivity index (χ1n) is 4.92. The average Bonchev–Trinajstić information content (AvgIpc) is 2.27. The zero-order chi connectivity index (χ0) is 12.3. The van der Waals surface area contributed by atoms with Gasteiger partial charge in [-0.05, 0) is 0 Å². The van der Waals surface area contributed by atoms with Crippen LogP contribution < -0.4 is 0 Å². The molecule has 0 spiro atoms. The van der Waals surface area contributed by atoms with Gasteiger partial charge in [0, 0.05) is 28.4 Å². The second-order valence-corrected chi connectivity index (χ2v) is 3.35. The van der Waals surface area contributed by atoms with Gasteiger partial charge in [-0.3, -0.25) is 0 Å². The van der Waals surface area contributed by atoms with E-state index in [1.807, 2.05) is 0 Å². The fourth-order valence-corrected chi connectivity index (χ4v) is 1.27. The van der Waals surface area contributed by atoms with E-state index in [2.05, 4.69) is 0 Å². The van der Waals surface area contributed by atoms with Crippen molar-refractivity contribution in [3.05, 3.63) is 0 Å². The van der Waals surface area contributed by atoms with Gasteiger partial charge >= 0.3 is 0 Å². The third-order valence-corrected chi connectivity index (χ3v) is 1.86. The number of ether oxygens (including phenoxy) is 6. The van der Waals surface area contributed by atoms with E-state index in [1.165, 1.54) is 0 Å². The quantitative estimate of drug-likeness (QED) is 0.380. The molecule has 0 saturated heterocycles. The van der Waals surface area contributed by atoms with E-state index in [-0.39, 0.29) is 13.6 Å². The van der Waals surface area contributed by atoms with Gasteiger partial charge in [-0.1, -0.05) is 0 Å². The molecule has 0 aliphatic rings. The molecule has 0 heterocycles. The highest BCUT2D eigenvalue weighted by atomic mass is 16.7. The van der Waals surface area contributed by atoms with E-state index in [4.69, 9.17) is 28.4 Å². The molecule has 0 rings (SSSR count). The van der Waals surface area contributed by atoms with Crippen LogP contribution in [0.3, 0.4) is 0 Å². The van der Waals surface area contributed by atoms with Gasteiger partial charge in [-0.25, -0.2) is 0 Å². The zero-order valence-corrected chi connectivity index (χ0v) is 10.5. The Morgan fingerprint density at radius 3 is 1.69 bits per heavy atom. The molecular weight excluding hydrogens is 216 g/mol. The molecular formula is C10H22O6. The lowest BCUT2D eigenvalue weighted by atomic mass is 10.1. The fraction of sp³-hybridized carbons (Fsp3) is 1.00. The van der Waals surface area contributed by atoms with Gasteiger partial charge < -0.3 is 28.4 Å². The van der Waals surface area contributed by atoms with E-state index in [1.54, 1.807) is 28.4 Å². The van der Waals surface area contributed by atoms with E-state index in [0.717, 1.165) is 0 Å². The predicted octanol–water partition coefficient (Wildman–Crippen LogP) is 0.259. The maximum atomic E-state index is 5.55. The van der Waals surface area contributed by atoms with Crippen molar-refractivity contribution >= 4 is 0 Å². The first-order chi connectivity index (χ1) is 7.74. The summed E-state index contributed by atoms with van der Waals surface area (Å²) in [5.41, 5.74) is -0.669. The third-order valence-electron chi connectivity index (χ3n) is 1.86. The van der Waals surface area contributed by atoms with Crippen LogP contribution in [-0.2, 0) is 28.4 Å². The standard InChI is InChI=1S/C10H22O6/c1-11-5-10(6-12-2,16-9-14-4)7-15-8-13-3/h5-9H2,1-4H3. The Balaban J connectivity index is 4.24. The summed E-state index contributed by atoms with van der Waals surface area (Å²) in [5, 5.41) is 0. The van der Waals surface area contributed by atoms with Crippen molar-refractivity contribution in [2.75, 3.05) is 61.8 Å². The van der Waals surface area contributed by atoms with Crippen LogP contribution in [0.5, 0.6) is 0 Å². The van der Waals surface area contributed by atoms with Gasteiger partial charge in [0.1, 0.15) is 19.2 Å². The predicted molar refractivity (Wildman–Crippen MR) is 57.3 cm³/mol. The zero-order valence-electron chi connectivity index (χ0n) is 10.5. The monoisotopic (exact) mass is 238 g/mol. The van der Waals surface area contributed by atoms with E-state index >= 15 is 0 Å². The van der Waals surface area contributed by atoms with Gasteiger partial charge in [0.2, 0.25) is 0 Å². The molecule has 0 aliphatic heterocycles. The fourth-order valence-electron chi connectivity index (χ4n) is 1.27. The molecule has 0 aromatic carbocycles. The van der Waals surface area contributed by atoms with Crippen LogP contribution in [0.4, 0.5) is 0 Å². The molecule has 0 saturated carbocycles. The van der Waals surface area contributed by atoms with Gasteiger partial charge in [0.05, 0.1) is 19.8 Å². The molecule has 16 heavy (non-hydrogen) atoms. The molecule has 0 amide bonds. The van der Waals surface area contributed by atoms with Crippen molar-refractivity contribution in [1.82, 2.24) is 0 Å². The molecule has 0 fully saturated rings. The molecule has 0 aromatic heterocycles. The van der Waals surface area contributed by atoms with Crippen LogP contribution in [0.25, 0.3) is 0 Å². The maximum absolute atomic E-state index is 5.55. The van der Waals surface area contributed by atoms with Crippen molar-refractivity contribution in [3.8, 4) is 0 Å². The van der Waals surface area contributed by atoms with Crippen LogP contribution in [-0.4, -0.2) is 67.4 Å². The highest BCUT2D eigenvalue weighted by Crippen LogP contribution is 2.13. The first-order valence-corrected chi connectivity index (χ1v) is 4.92. The molecule has 0 atom stereocenters. The Hall–Kier alpha value is -0.240. The van der Waals surface area contributed by atoms with Crippen molar-refractivity contribution in [2.45, 2.75) is 5.60 Å². The molecule has 6 nitrogen and oxygen atoms in total. The largest absolute Gasteiger partial charge is 0.381 e. The summed E-state index contributed by atoms with van der Waals surface area (Å²) in [5.74, 6) is 0. The minimum absolute atomic E-state index is 0.156. The van der Waals surface area contributed by atoms with Crippen molar-refractivity contribution in [3.63, 3.8) is 0 Å². The van der Waals surface area contributed by atoms with Gasteiger partial charge in [-0.15, -0.1) is 0 Å². The summed E-state index contributed by atoms with van der Waals surface area (Å²) in [7, 11) is 6.30. The maximum Gasteiger partial charge on any atom is 0.147 e. The summed E-state index contributed by atoms with van der Waals surface area (Å²) < 4.78 is 30.7. The Labute approximate surface area is 96.7 Å². The lowest BCUT2D eigenvalue weighted by molar-refractivity contribution is -0.208. The Morgan fingerprint density at radius 2 is 1.25 bits per heavy atom. The molecule has 98 valence electrons. The Morgan fingerprint density at radius 1 is 0.688 bits per heavy atom. The van der Waals surface area contributed by atoms with Crippen molar-refractivity contribution in [2.24, 2.45) is 0 Å². The summed E-state index contributed by atoms with van der Waals surface area (Å²) in [6, 6.07) is 0. The van der Waals surface area contributed by atoms with Crippen LogP contribution in [0.15, 0.2) is 0 Å². The summed E-state index contributed by atoms with van der Waals surface area (Å²) >= 11 is 0. The van der Waals surface area contributed by atoms with Gasteiger partial charge in [-0.2, -0.15) is 0 Å². The summed E-state index contributed by atoms with van der Waals surface area (Å²) in [6.07, 6.45) is 0. The van der Waals surface area contributed by atoms with E-state index in [9.17, 15) is 0 Å². The second kappa shape index (κ2) is 9.95. The smallest absolute Gasteiger partial charge is 0.147 e. The molecule has 0 N–H and O–H groups in total. The number of rotatable bonds is 11. The molecule has 0 aromatic rings. The average molecular weight is 238 g/mol. The van der Waals surface area contributed by atoms with Gasteiger partial charge in [0.25, 0.3) is 0 Å². The minimum Gasteiger partial charge on any atom is -0.381 e. The van der Waals surface area contributed by atoms with E-state index < -0.39 is 5.60 Å². The first kappa shape index (κ1) is 15.8. The molecule has 6 heteroatoms. The number of hydrogen-bond donors (Lipinski definition) is 0. The summed E-state index contributed by atoms with van der Waals surface area (Å²) in [6.45, 7) is 1.38. The van der Waals surface area contributed by atoms with Crippen LogP contribution in [0, 0.1) is 0 Å². The third kappa shape index (κ3) is 6.37. The van der Waals surface area contributed by atoms with Crippen LogP contribution >= 0.6 is 0 Å². The lowest BCUT2D eigenvalue weighted by Crippen LogP contribution is -2.47. The number of methoxy groups -OCH3 is 4. The summed E-state index contributed by atoms with van der Waals surface area (Å²) in [4.78, 5) is 0. The Bertz CT molecular complexity index is 146. The normalized spacial score (nSPS) is 12.0.